The van der Waals surface area contributed by atoms with Crippen molar-refractivity contribution in [2.45, 2.75) is 38.5 Å². The first kappa shape index (κ1) is 7.36. The minimum absolute atomic E-state index is 1.18. The van der Waals surface area contributed by atoms with Crippen molar-refractivity contribution in [1.29, 1.82) is 0 Å². The van der Waals surface area contributed by atoms with E-state index in [1.807, 2.05) is 0 Å². The number of hydrogen-bond donors (Lipinski definition) is 1. The molecule has 0 aromatic heterocycles. The highest BCUT2D eigenvalue weighted by Gasteiger charge is 2.10. The van der Waals surface area contributed by atoms with Crippen molar-refractivity contribution in [1.82, 2.24) is 4.84 Å². The molecular formula is C7H13ClN. The summed E-state index contributed by atoms with van der Waals surface area (Å²) in [6.07, 6.45) is 7.75. The largest absolute Gasteiger partial charge is 0.225 e. The predicted octanol–water partition coefficient (Wildman–Crippen LogP) is 2.62. The molecule has 0 aromatic carbocycles. The zero-order valence-electron chi connectivity index (χ0n) is 5.62. The predicted molar refractivity (Wildman–Crippen MR) is 39.9 cm³/mol. The second kappa shape index (κ2) is 4.13. The molecule has 1 nitrogen and oxygen atoms in total. The van der Waals surface area contributed by atoms with Crippen molar-refractivity contribution in [2.75, 3.05) is 0 Å². The Kier molecular flexibility index (Phi) is 3.37. The molecule has 1 fully saturated rings. The van der Waals surface area contributed by atoms with Gasteiger partial charge in [-0.3, -0.25) is 0 Å². The van der Waals surface area contributed by atoms with E-state index in [9.17, 15) is 0 Å². The lowest BCUT2D eigenvalue weighted by molar-refractivity contribution is 0.692. The Morgan fingerprint density at radius 2 is 1.56 bits per heavy atom. The Bertz CT molecular complexity index is 67.3. The van der Waals surface area contributed by atoms with Crippen molar-refractivity contribution in [3.63, 3.8) is 0 Å². The van der Waals surface area contributed by atoms with Gasteiger partial charge in [-0.2, -0.15) is 0 Å². The van der Waals surface area contributed by atoms with Gasteiger partial charge in [-0.25, -0.2) is 4.84 Å². The molecule has 0 bridgehead atoms. The first-order chi connectivity index (χ1) is 4.43. The standard InChI is InChI=1S/C7H13ClN/c8-9-7-5-3-1-2-4-6-7/h9H,1-6H2. The average Bonchev–Trinajstić information content (AvgIpc) is 2.13. The highest BCUT2D eigenvalue weighted by Crippen LogP contribution is 2.22. The Labute approximate surface area is 61.9 Å². The molecule has 1 aliphatic carbocycles. The SMILES string of the molecule is ClN[C]1CCCCCC1. The minimum atomic E-state index is 1.18. The van der Waals surface area contributed by atoms with Crippen LogP contribution in [0, 0.1) is 6.04 Å². The fourth-order valence-electron chi connectivity index (χ4n) is 1.25. The Morgan fingerprint density at radius 1 is 1.00 bits per heavy atom. The van der Waals surface area contributed by atoms with E-state index < -0.39 is 0 Å². The van der Waals surface area contributed by atoms with Crippen LogP contribution in [0.25, 0.3) is 0 Å². The Hall–Kier alpha value is 0.250. The lowest BCUT2D eigenvalue weighted by Crippen LogP contribution is -2.08. The summed E-state index contributed by atoms with van der Waals surface area (Å²) in [6.45, 7) is 0. The molecule has 53 valence electrons. The van der Waals surface area contributed by atoms with Gasteiger partial charge in [0, 0.05) is 0 Å². The van der Waals surface area contributed by atoms with Crippen molar-refractivity contribution < 1.29 is 0 Å². The van der Waals surface area contributed by atoms with Crippen LogP contribution in [0.5, 0.6) is 0 Å². The van der Waals surface area contributed by atoms with Gasteiger partial charge < -0.3 is 0 Å². The highest BCUT2D eigenvalue weighted by atomic mass is 35.5. The fraction of sp³-hybridized carbons (Fsp3) is 0.857. The second-order valence-electron chi connectivity index (χ2n) is 2.61. The van der Waals surface area contributed by atoms with E-state index in [1.165, 1.54) is 44.6 Å². The van der Waals surface area contributed by atoms with Gasteiger partial charge in [-0.1, -0.05) is 25.7 Å². The zero-order chi connectivity index (χ0) is 6.53. The van der Waals surface area contributed by atoms with Crippen LogP contribution >= 0.6 is 11.8 Å². The summed E-state index contributed by atoms with van der Waals surface area (Å²) in [5, 5.41) is 0. The maximum atomic E-state index is 5.47. The van der Waals surface area contributed by atoms with Gasteiger partial charge in [0.1, 0.15) is 0 Å². The van der Waals surface area contributed by atoms with Gasteiger partial charge >= 0.3 is 0 Å². The third-order valence-electron chi connectivity index (χ3n) is 1.84. The molecule has 0 aliphatic heterocycles. The smallest absolute Gasteiger partial charge is 0.0525 e. The molecule has 0 amide bonds. The maximum absolute atomic E-state index is 5.47. The Balaban J connectivity index is 2.18. The van der Waals surface area contributed by atoms with Gasteiger partial charge in [0.15, 0.2) is 0 Å². The van der Waals surface area contributed by atoms with Crippen LogP contribution in [0.3, 0.4) is 0 Å². The lowest BCUT2D eigenvalue weighted by Gasteiger charge is -2.07. The topological polar surface area (TPSA) is 12.0 Å². The second-order valence-corrected chi connectivity index (χ2v) is 2.80. The van der Waals surface area contributed by atoms with E-state index in [1.54, 1.807) is 0 Å². The molecule has 0 aromatic rings. The molecule has 1 N–H and O–H groups in total. The summed E-state index contributed by atoms with van der Waals surface area (Å²) >= 11 is 5.47. The summed E-state index contributed by atoms with van der Waals surface area (Å²) < 4.78 is 0. The summed E-state index contributed by atoms with van der Waals surface area (Å²) in [6, 6.07) is 1.33. The van der Waals surface area contributed by atoms with Crippen LogP contribution in [-0.4, -0.2) is 0 Å². The van der Waals surface area contributed by atoms with Crippen LogP contribution in [0.15, 0.2) is 0 Å². The van der Waals surface area contributed by atoms with Gasteiger partial charge in [0.2, 0.25) is 0 Å². The van der Waals surface area contributed by atoms with E-state index in [0.717, 1.165) is 0 Å². The highest BCUT2D eigenvalue weighted by molar-refractivity contribution is 6.14. The summed E-state index contributed by atoms with van der Waals surface area (Å²) in [4.78, 5) is 2.73. The molecule has 0 heterocycles. The summed E-state index contributed by atoms with van der Waals surface area (Å²) in [7, 11) is 0. The zero-order valence-corrected chi connectivity index (χ0v) is 6.38. The van der Waals surface area contributed by atoms with E-state index in [0.29, 0.717) is 0 Å². The first-order valence-electron chi connectivity index (χ1n) is 3.65. The van der Waals surface area contributed by atoms with Crippen molar-refractivity contribution >= 4 is 11.8 Å². The van der Waals surface area contributed by atoms with Crippen LogP contribution in [0.1, 0.15) is 38.5 Å². The van der Waals surface area contributed by atoms with Gasteiger partial charge in [0.05, 0.1) is 6.04 Å². The molecule has 1 radical (unpaired) electrons. The quantitative estimate of drug-likeness (QED) is 0.443. The minimum Gasteiger partial charge on any atom is -0.225 e. The molecule has 0 spiro atoms. The monoisotopic (exact) mass is 146 g/mol. The van der Waals surface area contributed by atoms with Crippen molar-refractivity contribution in [3.05, 3.63) is 6.04 Å². The first-order valence-corrected chi connectivity index (χ1v) is 4.02. The Morgan fingerprint density at radius 3 is 2.00 bits per heavy atom. The molecule has 1 saturated carbocycles. The summed E-state index contributed by atoms with van der Waals surface area (Å²) in [5.41, 5.74) is 0. The van der Waals surface area contributed by atoms with Gasteiger partial charge in [-0.15, -0.1) is 0 Å². The third-order valence-corrected chi connectivity index (χ3v) is 2.11. The molecule has 1 aliphatic rings. The molecular weight excluding hydrogens is 134 g/mol. The van der Waals surface area contributed by atoms with Crippen LogP contribution in [0.2, 0.25) is 0 Å². The molecule has 0 saturated heterocycles. The molecule has 0 atom stereocenters. The number of halogens is 1. The van der Waals surface area contributed by atoms with E-state index in [4.69, 9.17) is 11.8 Å². The van der Waals surface area contributed by atoms with Gasteiger partial charge in [0.25, 0.3) is 0 Å². The van der Waals surface area contributed by atoms with E-state index >= 15 is 0 Å². The van der Waals surface area contributed by atoms with Crippen LogP contribution < -0.4 is 4.84 Å². The molecule has 1 rings (SSSR count). The number of hydrogen-bond acceptors (Lipinski definition) is 1. The summed E-state index contributed by atoms with van der Waals surface area (Å²) in [5.74, 6) is 0. The lowest BCUT2D eigenvalue weighted by atomic mass is 10.1. The van der Waals surface area contributed by atoms with Crippen molar-refractivity contribution in [2.24, 2.45) is 0 Å². The normalized spacial score (nSPS) is 23.7. The average molecular weight is 147 g/mol. The van der Waals surface area contributed by atoms with Crippen molar-refractivity contribution in [3.8, 4) is 0 Å². The molecule has 0 unspecified atom stereocenters. The molecule has 2 heteroatoms. The fourth-order valence-corrected chi connectivity index (χ4v) is 1.44. The van der Waals surface area contributed by atoms with Gasteiger partial charge in [-0.05, 0) is 24.6 Å². The maximum Gasteiger partial charge on any atom is 0.0525 e. The van der Waals surface area contributed by atoms with E-state index in [2.05, 4.69) is 4.84 Å². The van der Waals surface area contributed by atoms with Crippen LogP contribution in [-0.2, 0) is 0 Å². The van der Waals surface area contributed by atoms with Crippen LogP contribution in [0.4, 0.5) is 0 Å². The number of rotatable bonds is 1. The van der Waals surface area contributed by atoms with E-state index in [-0.39, 0.29) is 0 Å². The third kappa shape index (κ3) is 2.55. The molecule has 9 heavy (non-hydrogen) atoms. The number of nitrogens with one attached hydrogen (secondary N) is 1.